The van der Waals surface area contributed by atoms with E-state index in [-0.39, 0.29) is 5.75 Å². The van der Waals surface area contributed by atoms with E-state index in [0.717, 1.165) is 28.7 Å². The summed E-state index contributed by atoms with van der Waals surface area (Å²) >= 11 is 0. The van der Waals surface area contributed by atoms with Gasteiger partial charge in [-0.1, -0.05) is 18.2 Å². The molecule has 0 unspecified atom stereocenters. The van der Waals surface area contributed by atoms with Gasteiger partial charge in [-0.15, -0.1) is 0 Å². The third-order valence-corrected chi connectivity index (χ3v) is 5.49. The molecular weight excluding hydrogens is 401 g/mol. The lowest BCUT2D eigenvalue weighted by molar-refractivity contribution is -0.138. The topological polar surface area (TPSA) is 97.2 Å². The number of aliphatic carboxylic acids is 1. The smallest absolute Gasteiger partial charge is 0.325 e. The molecular formula is C23H20FN3O4. The van der Waals surface area contributed by atoms with Gasteiger partial charge in [0.25, 0.3) is 5.56 Å². The van der Waals surface area contributed by atoms with Crippen molar-refractivity contribution in [2.75, 3.05) is 6.61 Å². The minimum absolute atomic E-state index is 0.228. The van der Waals surface area contributed by atoms with Gasteiger partial charge < -0.3 is 14.8 Å². The summed E-state index contributed by atoms with van der Waals surface area (Å²) in [7, 11) is 0. The molecule has 0 saturated heterocycles. The number of benzene rings is 2. The summed E-state index contributed by atoms with van der Waals surface area (Å²) in [5.41, 5.74) is 1.63. The zero-order chi connectivity index (χ0) is 21.5. The Labute approximate surface area is 176 Å². The summed E-state index contributed by atoms with van der Waals surface area (Å²) in [6, 6.07) is 11.9. The molecule has 8 heteroatoms. The average molecular weight is 421 g/mol. The number of carbonyl (C=O) groups is 1. The van der Waals surface area contributed by atoms with E-state index < -0.39 is 23.9 Å². The molecule has 1 aliphatic carbocycles. The van der Waals surface area contributed by atoms with Crippen LogP contribution in [-0.2, 0) is 17.8 Å². The number of carboxylic acid groups (broad SMARTS) is 1. The molecule has 2 heterocycles. The van der Waals surface area contributed by atoms with E-state index in [1.54, 1.807) is 30.3 Å². The average Bonchev–Trinajstić information content (AvgIpc) is 3.49. The van der Waals surface area contributed by atoms with E-state index in [2.05, 4.69) is 10.1 Å². The molecule has 0 bridgehead atoms. The summed E-state index contributed by atoms with van der Waals surface area (Å²) in [4.78, 5) is 27.0. The van der Waals surface area contributed by atoms with E-state index in [4.69, 9.17) is 9.84 Å². The van der Waals surface area contributed by atoms with Crippen LogP contribution < -0.4 is 10.3 Å². The van der Waals surface area contributed by atoms with E-state index in [1.807, 2.05) is 6.07 Å². The molecule has 4 aromatic rings. The van der Waals surface area contributed by atoms with Gasteiger partial charge in [0.15, 0.2) is 11.6 Å². The lowest BCUT2D eigenvalue weighted by Crippen LogP contribution is -2.28. The van der Waals surface area contributed by atoms with Crippen molar-refractivity contribution < 1.29 is 19.0 Å². The van der Waals surface area contributed by atoms with Crippen LogP contribution in [0.5, 0.6) is 5.75 Å². The first-order valence-electron chi connectivity index (χ1n) is 10.1. The Morgan fingerprint density at radius 1 is 1.23 bits per heavy atom. The fourth-order valence-electron chi connectivity index (χ4n) is 3.74. The number of hydrogen-bond acceptors (Lipinski definition) is 4. The molecule has 1 saturated carbocycles. The minimum Gasteiger partial charge on any atom is -0.490 e. The molecule has 0 amide bonds. The maximum atomic E-state index is 14.4. The second-order valence-corrected chi connectivity index (χ2v) is 7.94. The predicted molar refractivity (Wildman–Crippen MR) is 113 cm³/mol. The van der Waals surface area contributed by atoms with E-state index in [9.17, 15) is 14.0 Å². The molecule has 5 rings (SSSR count). The van der Waals surface area contributed by atoms with Crippen molar-refractivity contribution in [1.82, 2.24) is 14.8 Å². The van der Waals surface area contributed by atoms with E-state index >= 15 is 0 Å². The van der Waals surface area contributed by atoms with Crippen LogP contribution in [0, 0.1) is 11.7 Å². The van der Waals surface area contributed by atoms with Crippen LogP contribution in [0.2, 0.25) is 0 Å². The second kappa shape index (κ2) is 7.54. The Kier molecular flexibility index (Phi) is 4.69. The number of ether oxygens (including phenoxy) is 1. The van der Waals surface area contributed by atoms with Crippen LogP contribution >= 0.6 is 0 Å². The first kappa shape index (κ1) is 19.3. The fraction of sp³-hybridized carbons (Fsp3) is 0.261. The van der Waals surface area contributed by atoms with Crippen molar-refractivity contribution in [3.63, 3.8) is 0 Å². The summed E-state index contributed by atoms with van der Waals surface area (Å²) in [5, 5.41) is 15.2. The van der Waals surface area contributed by atoms with Crippen LogP contribution in [0.4, 0.5) is 4.39 Å². The number of aromatic amines is 1. The normalized spacial score (nSPS) is 13.7. The van der Waals surface area contributed by atoms with E-state index in [1.165, 1.54) is 6.07 Å². The molecule has 0 aliphatic heterocycles. The van der Waals surface area contributed by atoms with Crippen molar-refractivity contribution in [1.29, 1.82) is 0 Å². The Hall–Kier alpha value is -3.68. The Morgan fingerprint density at radius 3 is 2.74 bits per heavy atom. The Bertz CT molecular complexity index is 1370. The third kappa shape index (κ3) is 3.88. The standard InChI is InChI=1S/C23H20FN3O4/c24-18-8-14-7-15(25-19(14)10-21(18)31-12-13-5-6-13)9-20-16-3-1-2-4-17(16)23(30)27(26-20)11-22(28)29/h1-4,7-8,10,13,25H,5-6,9,11-12H2,(H,28,29). The predicted octanol–water partition coefficient (Wildman–Crippen LogP) is 3.48. The molecule has 158 valence electrons. The molecule has 2 N–H and O–H groups in total. The maximum absolute atomic E-state index is 14.4. The Balaban J connectivity index is 1.52. The van der Waals surface area contributed by atoms with Crippen molar-refractivity contribution in [3.8, 4) is 5.75 Å². The second-order valence-electron chi connectivity index (χ2n) is 7.94. The molecule has 0 radical (unpaired) electrons. The van der Waals surface area contributed by atoms with Gasteiger partial charge in [0.2, 0.25) is 0 Å². The third-order valence-electron chi connectivity index (χ3n) is 5.49. The summed E-state index contributed by atoms with van der Waals surface area (Å²) < 4.78 is 21.0. The highest BCUT2D eigenvalue weighted by Gasteiger charge is 2.23. The number of fused-ring (bicyclic) bond motifs is 2. The first-order valence-corrected chi connectivity index (χ1v) is 10.1. The SMILES string of the molecule is O=C(O)Cn1nc(Cc2cc3cc(F)c(OCC4CC4)cc3[nH]2)c2ccccc2c1=O. The number of nitrogens with one attached hydrogen (secondary N) is 1. The highest BCUT2D eigenvalue weighted by Crippen LogP contribution is 2.32. The molecule has 1 fully saturated rings. The number of aromatic nitrogens is 3. The van der Waals surface area contributed by atoms with Crippen LogP contribution in [0.1, 0.15) is 24.2 Å². The monoisotopic (exact) mass is 421 g/mol. The van der Waals surface area contributed by atoms with Crippen LogP contribution in [0.25, 0.3) is 21.7 Å². The largest absolute Gasteiger partial charge is 0.490 e. The highest BCUT2D eigenvalue weighted by atomic mass is 19.1. The quantitative estimate of drug-likeness (QED) is 0.476. The molecule has 1 aliphatic rings. The summed E-state index contributed by atoms with van der Waals surface area (Å²) in [6.07, 6.45) is 2.58. The maximum Gasteiger partial charge on any atom is 0.325 e. The molecule has 7 nitrogen and oxygen atoms in total. The van der Waals surface area contributed by atoms with Gasteiger partial charge in [0.1, 0.15) is 6.54 Å². The number of halogens is 1. The van der Waals surface area contributed by atoms with Gasteiger partial charge in [-0.05, 0) is 37.0 Å². The molecule has 0 spiro atoms. The summed E-state index contributed by atoms with van der Waals surface area (Å²) in [6.45, 7) is 0.00724. The lowest BCUT2D eigenvalue weighted by atomic mass is 10.1. The number of hydrogen-bond donors (Lipinski definition) is 2. The zero-order valence-corrected chi connectivity index (χ0v) is 16.6. The highest BCUT2D eigenvalue weighted by molar-refractivity contribution is 5.85. The van der Waals surface area contributed by atoms with Crippen molar-refractivity contribution in [3.05, 3.63) is 70.0 Å². The van der Waals surface area contributed by atoms with Gasteiger partial charge in [-0.25, -0.2) is 9.07 Å². The van der Waals surface area contributed by atoms with Crippen molar-refractivity contribution in [2.24, 2.45) is 5.92 Å². The van der Waals surface area contributed by atoms with Gasteiger partial charge in [0.05, 0.1) is 17.7 Å². The lowest BCUT2D eigenvalue weighted by Gasteiger charge is -2.09. The van der Waals surface area contributed by atoms with E-state index in [0.29, 0.717) is 40.8 Å². The molecule has 2 aromatic heterocycles. The molecule has 31 heavy (non-hydrogen) atoms. The first-order chi connectivity index (χ1) is 15.0. The van der Waals surface area contributed by atoms with Gasteiger partial charge in [0, 0.05) is 34.5 Å². The summed E-state index contributed by atoms with van der Waals surface area (Å²) in [5.74, 6) is -0.797. The fourth-order valence-corrected chi connectivity index (χ4v) is 3.74. The number of H-pyrrole nitrogens is 1. The van der Waals surface area contributed by atoms with Crippen LogP contribution in [-0.4, -0.2) is 32.4 Å². The molecule has 0 atom stereocenters. The van der Waals surface area contributed by atoms with Gasteiger partial charge in [-0.2, -0.15) is 5.10 Å². The number of carboxylic acids is 1. The molecule has 2 aromatic carbocycles. The zero-order valence-electron chi connectivity index (χ0n) is 16.6. The number of nitrogens with zero attached hydrogens (tertiary/aromatic N) is 2. The minimum atomic E-state index is -1.14. The van der Waals surface area contributed by atoms with Crippen LogP contribution in [0.3, 0.4) is 0 Å². The number of rotatable bonds is 7. The van der Waals surface area contributed by atoms with Gasteiger partial charge in [-0.3, -0.25) is 9.59 Å². The van der Waals surface area contributed by atoms with Crippen molar-refractivity contribution in [2.45, 2.75) is 25.8 Å². The Morgan fingerprint density at radius 2 is 2.00 bits per heavy atom. The van der Waals surface area contributed by atoms with Gasteiger partial charge >= 0.3 is 5.97 Å². The van der Waals surface area contributed by atoms with Crippen molar-refractivity contribution >= 4 is 27.6 Å². The van der Waals surface area contributed by atoms with Crippen LogP contribution in [0.15, 0.2) is 47.3 Å².